The van der Waals surface area contributed by atoms with Crippen LogP contribution in [0.25, 0.3) is 0 Å². The third-order valence-corrected chi connectivity index (χ3v) is 10.4. The van der Waals surface area contributed by atoms with E-state index in [0.717, 1.165) is 51.0 Å². The summed E-state index contributed by atoms with van der Waals surface area (Å²) in [6, 6.07) is 3.42. The van der Waals surface area contributed by atoms with Gasteiger partial charge in [-0.05, 0) is 65.0 Å². The second-order valence-corrected chi connectivity index (χ2v) is 16.7. The maximum atomic E-state index is 14.0. The van der Waals surface area contributed by atoms with Gasteiger partial charge in [0.25, 0.3) is 5.91 Å². The Kier molecular flexibility index (Phi) is 15.1. The molecule has 2 aliphatic rings. The fraction of sp³-hybridized carbons (Fsp3) is 0.694. The minimum atomic E-state index is -3.92. The molecule has 2 saturated heterocycles. The van der Waals surface area contributed by atoms with E-state index in [0.29, 0.717) is 32.2 Å². The molecular formula is C36H56N4O9S. The van der Waals surface area contributed by atoms with Crippen molar-refractivity contribution in [2.24, 2.45) is 5.92 Å². The molecule has 0 spiro atoms. The Morgan fingerprint density at radius 1 is 0.960 bits per heavy atom. The predicted octanol–water partition coefficient (Wildman–Crippen LogP) is 4.30. The molecule has 1 aromatic carbocycles. The molecule has 2 aliphatic heterocycles. The van der Waals surface area contributed by atoms with Crippen molar-refractivity contribution in [3.8, 4) is 0 Å². The highest BCUT2D eigenvalue weighted by atomic mass is 32.2. The van der Waals surface area contributed by atoms with Crippen LogP contribution in [0.4, 0.5) is 4.79 Å². The molecule has 1 aromatic rings. The maximum absolute atomic E-state index is 14.0. The first-order chi connectivity index (χ1) is 23.5. The van der Waals surface area contributed by atoms with Crippen LogP contribution < -0.4 is 16.0 Å². The number of hydrogen-bond donors (Lipinski definition) is 3. The third-order valence-electron chi connectivity index (χ3n) is 8.90. The molecule has 2 heterocycles. The summed E-state index contributed by atoms with van der Waals surface area (Å²) in [6.07, 6.45) is 5.70. The molecule has 0 radical (unpaired) electrons. The number of nitrogens with zero attached hydrogens (tertiary/aromatic N) is 1. The van der Waals surface area contributed by atoms with Gasteiger partial charge in [0, 0.05) is 13.5 Å². The largest absolute Gasteiger partial charge is 0.450 e. The van der Waals surface area contributed by atoms with Crippen LogP contribution in [0.5, 0.6) is 0 Å². The number of ether oxygens (including phenoxy) is 2. The van der Waals surface area contributed by atoms with Crippen LogP contribution in [0.3, 0.4) is 0 Å². The summed E-state index contributed by atoms with van der Waals surface area (Å²) in [5.41, 5.74) is 0.111. The molecule has 5 atom stereocenters. The van der Waals surface area contributed by atoms with E-state index in [1.165, 1.54) is 17.0 Å². The Morgan fingerprint density at radius 3 is 2.12 bits per heavy atom. The van der Waals surface area contributed by atoms with Crippen LogP contribution in [0, 0.1) is 12.8 Å². The molecule has 14 heteroatoms. The van der Waals surface area contributed by atoms with Crippen LogP contribution in [0.1, 0.15) is 111 Å². The van der Waals surface area contributed by atoms with E-state index in [1.54, 1.807) is 32.9 Å². The fourth-order valence-electron chi connectivity index (χ4n) is 6.39. The summed E-state index contributed by atoms with van der Waals surface area (Å²) in [5, 5.41) is 8.05. The lowest BCUT2D eigenvalue weighted by molar-refractivity contribution is -0.156. The summed E-state index contributed by atoms with van der Waals surface area (Å²) in [7, 11) is -3.92. The number of fused-ring (bicyclic) bond motifs is 1. The number of hydrogen-bond acceptors (Lipinski definition) is 9. The van der Waals surface area contributed by atoms with Gasteiger partial charge in [-0.25, -0.2) is 13.2 Å². The van der Waals surface area contributed by atoms with Gasteiger partial charge in [-0.15, -0.1) is 0 Å². The van der Waals surface area contributed by atoms with E-state index in [2.05, 4.69) is 16.0 Å². The van der Waals surface area contributed by atoms with Gasteiger partial charge in [0.05, 0.1) is 10.9 Å². The topological polar surface area (TPSA) is 177 Å². The van der Waals surface area contributed by atoms with Gasteiger partial charge in [-0.3, -0.25) is 19.2 Å². The van der Waals surface area contributed by atoms with E-state index in [1.807, 2.05) is 13.8 Å². The molecule has 0 aliphatic carbocycles. The molecule has 4 amide bonds. The first kappa shape index (κ1) is 40.7. The fourth-order valence-corrected chi connectivity index (χ4v) is 7.44. The predicted molar refractivity (Wildman–Crippen MR) is 187 cm³/mol. The van der Waals surface area contributed by atoms with E-state index >= 15 is 0 Å². The van der Waals surface area contributed by atoms with Crippen molar-refractivity contribution in [1.82, 2.24) is 20.9 Å². The molecule has 50 heavy (non-hydrogen) atoms. The number of amides is 4. The lowest BCUT2D eigenvalue weighted by atomic mass is 9.99. The smallest absolute Gasteiger partial charge is 0.408 e. The summed E-state index contributed by atoms with van der Waals surface area (Å²) in [5.74, 6) is -3.31. The maximum Gasteiger partial charge on any atom is 0.408 e. The van der Waals surface area contributed by atoms with Crippen molar-refractivity contribution >= 4 is 39.6 Å². The monoisotopic (exact) mass is 720 g/mol. The Morgan fingerprint density at radius 2 is 1.54 bits per heavy atom. The average molecular weight is 721 g/mol. The molecule has 2 unspecified atom stereocenters. The normalized spacial score (nSPS) is 23.8. The van der Waals surface area contributed by atoms with E-state index in [-0.39, 0.29) is 17.2 Å². The van der Waals surface area contributed by atoms with Crippen LogP contribution in [0.15, 0.2) is 29.2 Å². The number of esters is 1. The average Bonchev–Trinajstić information content (AvgIpc) is 3.42. The number of carbonyl (C=O) groups excluding carboxylic acids is 5. The summed E-state index contributed by atoms with van der Waals surface area (Å²) in [6.45, 7) is 10.4. The van der Waals surface area contributed by atoms with Gasteiger partial charge in [-0.1, -0.05) is 76.0 Å². The molecule has 0 aromatic heterocycles. The summed E-state index contributed by atoms with van der Waals surface area (Å²) < 4.78 is 36.9. The zero-order valence-corrected chi connectivity index (χ0v) is 31.2. The molecule has 2 fully saturated rings. The van der Waals surface area contributed by atoms with Crippen molar-refractivity contribution < 1.29 is 41.9 Å². The lowest BCUT2D eigenvalue weighted by Crippen LogP contribution is -2.58. The lowest BCUT2D eigenvalue weighted by Gasteiger charge is -2.32. The van der Waals surface area contributed by atoms with Crippen molar-refractivity contribution in [3.05, 3.63) is 29.8 Å². The number of benzene rings is 1. The third kappa shape index (κ3) is 12.9. The highest BCUT2D eigenvalue weighted by Crippen LogP contribution is 2.26. The van der Waals surface area contributed by atoms with Gasteiger partial charge in [-0.2, -0.15) is 0 Å². The van der Waals surface area contributed by atoms with Crippen LogP contribution in [-0.4, -0.2) is 85.4 Å². The molecule has 3 N–H and O–H groups in total. The molecule has 0 saturated carbocycles. The summed E-state index contributed by atoms with van der Waals surface area (Å²) in [4.78, 5) is 68.2. The standard InChI is InChI=1S/C36H56N4O9S/c1-24-17-19-27(20-18-24)50(46,47)23-37-33(43)31(48-26(3)41)28-15-13-11-9-7-8-10-12-14-16-29(39-35(45)49-36(4,5)6)34(44)40-22-25(2)21-30(40)32(42)38-28/h17-20,25,28-31H,7-16,21-23H2,1-6H3,(H,37,43)(H,38,42)(H,39,45)/t25-,28+,29+,30?,31?/m1/s1. The number of nitrogens with one attached hydrogen (secondary N) is 3. The van der Waals surface area contributed by atoms with Gasteiger partial charge in [0.2, 0.25) is 11.8 Å². The Bertz CT molecular complexity index is 1440. The van der Waals surface area contributed by atoms with Crippen molar-refractivity contribution in [2.75, 3.05) is 12.4 Å². The number of carbonyl (C=O) groups is 5. The van der Waals surface area contributed by atoms with E-state index < -0.39 is 75.3 Å². The summed E-state index contributed by atoms with van der Waals surface area (Å²) >= 11 is 0. The number of sulfone groups is 1. The zero-order valence-electron chi connectivity index (χ0n) is 30.4. The highest BCUT2D eigenvalue weighted by Gasteiger charge is 2.43. The van der Waals surface area contributed by atoms with Gasteiger partial charge in [0.15, 0.2) is 15.9 Å². The molecule has 3 rings (SSSR count). The second kappa shape index (κ2) is 18.5. The van der Waals surface area contributed by atoms with Crippen LogP contribution >= 0.6 is 0 Å². The van der Waals surface area contributed by atoms with Crippen LogP contribution in [0.2, 0.25) is 0 Å². The molecule has 13 nitrogen and oxygen atoms in total. The van der Waals surface area contributed by atoms with Gasteiger partial charge < -0.3 is 30.3 Å². The zero-order chi connectivity index (χ0) is 37.1. The Balaban J connectivity index is 1.88. The van der Waals surface area contributed by atoms with Crippen LogP contribution in [-0.2, 0) is 38.5 Å². The Labute approximate surface area is 296 Å². The minimum Gasteiger partial charge on any atom is -0.450 e. The van der Waals surface area contributed by atoms with Crippen molar-refractivity contribution in [3.63, 3.8) is 0 Å². The number of aryl methyl sites for hydroxylation is 1. The van der Waals surface area contributed by atoms with E-state index in [4.69, 9.17) is 9.47 Å². The number of alkyl carbamates (subject to hydrolysis) is 1. The van der Waals surface area contributed by atoms with E-state index in [9.17, 15) is 32.4 Å². The SMILES string of the molecule is CC(=O)OC(C(=O)NCS(=O)(=O)c1ccc(C)cc1)[C@@H]1CCCCCCCCCC[C@H](NC(=O)OC(C)(C)C)C(=O)N2C[C@H](C)CC2C(=O)N1. The minimum absolute atomic E-state index is 0.0273. The van der Waals surface area contributed by atoms with Crippen molar-refractivity contribution in [1.29, 1.82) is 0 Å². The first-order valence-corrected chi connectivity index (χ1v) is 19.5. The van der Waals surface area contributed by atoms with Gasteiger partial charge >= 0.3 is 12.1 Å². The molecular weight excluding hydrogens is 664 g/mol. The number of rotatable bonds is 7. The second-order valence-electron chi connectivity index (χ2n) is 14.7. The van der Waals surface area contributed by atoms with Gasteiger partial charge in [0.1, 0.15) is 23.6 Å². The quantitative estimate of drug-likeness (QED) is 0.347. The first-order valence-electron chi connectivity index (χ1n) is 17.8. The molecule has 0 bridgehead atoms. The highest BCUT2D eigenvalue weighted by molar-refractivity contribution is 7.91. The Hall–Kier alpha value is -3.68. The molecule has 280 valence electrons. The van der Waals surface area contributed by atoms with Crippen molar-refractivity contribution in [2.45, 2.75) is 147 Å².